The van der Waals surface area contributed by atoms with Crippen LogP contribution in [0.1, 0.15) is 52.6 Å². The summed E-state index contributed by atoms with van der Waals surface area (Å²) in [6.07, 6.45) is 0.804. The first-order chi connectivity index (χ1) is 15.0. The van der Waals surface area contributed by atoms with Crippen LogP contribution in [-0.4, -0.2) is 31.3 Å². The van der Waals surface area contributed by atoms with Crippen LogP contribution in [0.15, 0.2) is 31.3 Å². The number of carboxylic acid groups (broad SMARTS) is 2. The van der Waals surface area contributed by atoms with Crippen LogP contribution < -0.4 is 22.2 Å². The molecule has 0 saturated heterocycles. The molecular formula is C22H24N2O8. The zero-order chi connectivity index (χ0) is 24.1. The highest BCUT2D eigenvalue weighted by Crippen LogP contribution is 2.24. The van der Waals surface area contributed by atoms with Crippen LogP contribution in [0.25, 0.3) is 21.5 Å². The number of carbonyl (C=O) groups is 2. The van der Waals surface area contributed by atoms with Crippen molar-refractivity contribution >= 4 is 33.5 Å². The lowest BCUT2D eigenvalue weighted by Crippen LogP contribution is -2.38. The van der Waals surface area contributed by atoms with Gasteiger partial charge in [-0.3, -0.25) is 28.3 Å². The van der Waals surface area contributed by atoms with Crippen molar-refractivity contribution in [1.82, 2.24) is 9.13 Å². The number of hydrogen-bond donors (Lipinski definition) is 2. The lowest BCUT2D eigenvalue weighted by atomic mass is 9.99. The Kier molecular flexibility index (Phi) is 5.90. The van der Waals surface area contributed by atoms with E-state index in [9.17, 15) is 39.0 Å². The molecule has 4 atom stereocenters. The molecule has 0 bridgehead atoms. The molecule has 170 valence electrons. The van der Waals surface area contributed by atoms with Gasteiger partial charge in [0.05, 0.1) is 21.5 Å². The third kappa shape index (κ3) is 3.26. The van der Waals surface area contributed by atoms with Crippen molar-refractivity contribution in [3.05, 3.63) is 53.5 Å². The summed E-state index contributed by atoms with van der Waals surface area (Å²) < 4.78 is 1.31. The molecule has 1 aromatic carbocycles. The third-order valence-electron chi connectivity index (χ3n) is 6.38. The van der Waals surface area contributed by atoms with Crippen LogP contribution in [0.5, 0.6) is 0 Å². The van der Waals surface area contributed by atoms with E-state index < -0.39 is 58.1 Å². The van der Waals surface area contributed by atoms with Crippen LogP contribution >= 0.6 is 0 Å². The van der Waals surface area contributed by atoms with Crippen molar-refractivity contribution in [2.45, 2.75) is 52.6 Å². The first kappa shape index (κ1) is 23.1. The van der Waals surface area contributed by atoms with Gasteiger partial charge >= 0.3 is 11.9 Å². The van der Waals surface area contributed by atoms with Crippen LogP contribution in [0.2, 0.25) is 0 Å². The minimum atomic E-state index is -1.40. The van der Waals surface area contributed by atoms with Crippen LogP contribution in [0.4, 0.5) is 0 Å². The topological polar surface area (TPSA) is 153 Å². The number of rotatable bonds is 8. The Hall–Kier alpha value is -3.56. The van der Waals surface area contributed by atoms with E-state index in [4.69, 9.17) is 0 Å². The SMILES string of the molecule is CC[C@H](C)C(C(=O)O)n1c(=O)c2cc3c(=O)n(C(C(=O)O)[C@@H](C)CC)c(=O)c3cc2c1=O. The molecule has 3 aromatic rings. The van der Waals surface area contributed by atoms with E-state index in [1.807, 2.05) is 0 Å². The van der Waals surface area contributed by atoms with Crippen LogP contribution in [0.3, 0.4) is 0 Å². The molecule has 0 aliphatic heterocycles. The number of hydrogen-bond acceptors (Lipinski definition) is 6. The fraction of sp³-hybridized carbons (Fsp3) is 0.455. The summed E-state index contributed by atoms with van der Waals surface area (Å²) in [5, 5.41) is 18.5. The van der Waals surface area contributed by atoms with Crippen molar-refractivity contribution in [2.75, 3.05) is 0 Å². The highest BCUT2D eigenvalue weighted by molar-refractivity contribution is 5.98. The van der Waals surface area contributed by atoms with Gasteiger partial charge in [0, 0.05) is 0 Å². The first-order valence-electron chi connectivity index (χ1n) is 10.4. The molecule has 3 rings (SSSR count). The van der Waals surface area contributed by atoms with Crippen molar-refractivity contribution in [1.29, 1.82) is 0 Å². The van der Waals surface area contributed by atoms with Crippen molar-refractivity contribution in [3.8, 4) is 0 Å². The van der Waals surface area contributed by atoms with Crippen LogP contribution in [0, 0.1) is 11.8 Å². The maximum Gasteiger partial charge on any atom is 0.327 e. The largest absolute Gasteiger partial charge is 0.480 e. The Morgan fingerprint density at radius 3 is 1.12 bits per heavy atom. The number of aromatic nitrogens is 2. The van der Waals surface area contributed by atoms with Crippen molar-refractivity contribution < 1.29 is 19.8 Å². The van der Waals surface area contributed by atoms with Gasteiger partial charge in [-0.1, -0.05) is 40.5 Å². The number of carboxylic acids is 2. The minimum absolute atomic E-state index is 0.179. The van der Waals surface area contributed by atoms with E-state index >= 15 is 0 Å². The van der Waals surface area contributed by atoms with Gasteiger partial charge in [0.15, 0.2) is 0 Å². The molecule has 2 heterocycles. The fourth-order valence-electron chi connectivity index (χ4n) is 4.18. The molecule has 10 heteroatoms. The highest BCUT2D eigenvalue weighted by Gasteiger charge is 2.33. The van der Waals surface area contributed by atoms with Gasteiger partial charge in [-0.05, 0) is 24.0 Å². The van der Waals surface area contributed by atoms with Gasteiger partial charge in [-0.25, -0.2) is 9.59 Å². The highest BCUT2D eigenvalue weighted by atomic mass is 16.4. The summed E-state index contributed by atoms with van der Waals surface area (Å²) >= 11 is 0. The second-order valence-corrected chi connectivity index (χ2v) is 8.24. The van der Waals surface area contributed by atoms with Gasteiger partial charge in [0.2, 0.25) is 0 Å². The van der Waals surface area contributed by atoms with Gasteiger partial charge in [0.25, 0.3) is 22.2 Å². The predicted octanol–water partition coefficient (Wildman–Crippen LogP) is 1.26. The molecule has 0 amide bonds. The second-order valence-electron chi connectivity index (χ2n) is 8.24. The molecule has 10 nitrogen and oxygen atoms in total. The number of nitrogens with zero attached hydrogens (tertiary/aromatic N) is 2. The van der Waals surface area contributed by atoms with E-state index in [1.165, 1.54) is 0 Å². The Bertz CT molecular complexity index is 1250. The molecule has 0 spiro atoms. The normalized spacial score (nSPS) is 15.6. The second kappa shape index (κ2) is 8.18. The Morgan fingerprint density at radius 1 is 0.688 bits per heavy atom. The lowest BCUT2D eigenvalue weighted by molar-refractivity contribution is -0.143. The Morgan fingerprint density at radius 2 is 0.938 bits per heavy atom. The zero-order valence-corrected chi connectivity index (χ0v) is 18.1. The molecule has 32 heavy (non-hydrogen) atoms. The van der Waals surface area contributed by atoms with Gasteiger partial charge < -0.3 is 10.2 Å². The summed E-state index contributed by atoms with van der Waals surface area (Å²) in [5.74, 6) is -3.71. The van der Waals surface area contributed by atoms with Crippen molar-refractivity contribution in [3.63, 3.8) is 0 Å². The van der Waals surface area contributed by atoms with E-state index in [0.29, 0.717) is 22.0 Å². The van der Waals surface area contributed by atoms with Gasteiger partial charge in [0.1, 0.15) is 12.1 Å². The third-order valence-corrected chi connectivity index (χ3v) is 6.38. The molecule has 0 aliphatic rings. The average molecular weight is 444 g/mol. The molecule has 2 N–H and O–H groups in total. The molecular weight excluding hydrogens is 420 g/mol. The van der Waals surface area contributed by atoms with Crippen molar-refractivity contribution in [2.24, 2.45) is 11.8 Å². The smallest absolute Gasteiger partial charge is 0.327 e. The Labute approximate surface area is 181 Å². The quantitative estimate of drug-likeness (QED) is 0.526. The summed E-state index contributed by atoms with van der Waals surface area (Å²) in [6.45, 7) is 6.67. The standard InChI is InChI=1S/C22H24N2O8/c1-5-9(3)15(21(29)30)23-17(25)11-7-13-14(8-12(11)18(23)26)20(28)24(19(13)27)16(22(31)32)10(4)6-2/h7-10,15-16H,5-6H2,1-4H3,(H,29,30)(H,31,32)/t9-,10-,15?,16?/m0/s1. The van der Waals surface area contributed by atoms with E-state index in [2.05, 4.69) is 0 Å². The van der Waals surface area contributed by atoms with E-state index in [1.54, 1.807) is 27.7 Å². The zero-order valence-electron chi connectivity index (χ0n) is 18.1. The summed E-state index contributed by atoms with van der Waals surface area (Å²) in [4.78, 5) is 75.5. The number of benzene rings is 1. The molecule has 2 unspecified atom stereocenters. The predicted molar refractivity (Wildman–Crippen MR) is 117 cm³/mol. The molecule has 0 saturated carbocycles. The summed E-state index contributed by atoms with van der Waals surface area (Å²) in [5.41, 5.74) is -3.46. The maximum absolute atomic E-state index is 13.0. The average Bonchev–Trinajstić information content (AvgIpc) is 3.12. The summed E-state index contributed by atoms with van der Waals surface area (Å²) in [6, 6.07) is -0.606. The molecule has 2 aromatic heterocycles. The monoisotopic (exact) mass is 444 g/mol. The minimum Gasteiger partial charge on any atom is -0.480 e. The number of aliphatic carboxylic acids is 2. The number of fused-ring (bicyclic) bond motifs is 2. The van der Waals surface area contributed by atoms with E-state index in [-0.39, 0.29) is 21.5 Å². The first-order valence-corrected chi connectivity index (χ1v) is 10.4. The van der Waals surface area contributed by atoms with Gasteiger partial charge in [-0.2, -0.15) is 0 Å². The lowest BCUT2D eigenvalue weighted by Gasteiger charge is -2.18. The Balaban J connectivity index is 2.40. The molecule has 0 radical (unpaired) electrons. The molecule has 0 fully saturated rings. The van der Waals surface area contributed by atoms with Gasteiger partial charge in [-0.15, -0.1) is 0 Å². The maximum atomic E-state index is 13.0. The summed E-state index contributed by atoms with van der Waals surface area (Å²) in [7, 11) is 0. The van der Waals surface area contributed by atoms with Crippen LogP contribution in [-0.2, 0) is 9.59 Å². The molecule has 0 aliphatic carbocycles. The fourth-order valence-corrected chi connectivity index (χ4v) is 4.18. The van der Waals surface area contributed by atoms with E-state index in [0.717, 1.165) is 12.1 Å².